The van der Waals surface area contributed by atoms with E-state index in [9.17, 15) is 13.2 Å². The van der Waals surface area contributed by atoms with Gasteiger partial charge in [0.05, 0.1) is 5.25 Å². The molecule has 2 N–H and O–H groups in total. The smallest absolute Gasteiger partial charge is 0.449 e. The topological polar surface area (TPSA) is 92.7 Å². The number of benzene rings is 2. The van der Waals surface area contributed by atoms with Crippen molar-refractivity contribution in [1.82, 2.24) is 4.72 Å². The van der Waals surface area contributed by atoms with Gasteiger partial charge < -0.3 is 9.84 Å². The average Bonchev–Trinajstić information content (AvgIpc) is 3.09. The molecule has 2 aromatic carbocycles. The molecule has 1 aliphatic carbocycles. The Bertz CT molecular complexity index is 920. The first-order valence-corrected chi connectivity index (χ1v) is 10.9. The summed E-state index contributed by atoms with van der Waals surface area (Å²) in [5, 5.41) is 8.20. The fraction of sp³-hybridized carbons (Fsp3) is 0.381. The van der Waals surface area contributed by atoms with E-state index in [-0.39, 0.29) is 17.7 Å². The van der Waals surface area contributed by atoms with E-state index in [0.29, 0.717) is 0 Å². The first kappa shape index (κ1) is 20.4. The molecule has 0 aliphatic heterocycles. The van der Waals surface area contributed by atoms with Crippen LogP contribution in [0.5, 0.6) is 5.75 Å². The summed E-state index contributed by atoms with van der Waals surface area (Å²) >= 11 is 0. The van der Waals surface area contributed by atoms with Gasteiger partial charge in [-0.25, -0.2) is 17.9 Å². The van der Waals surface area contributed by atoms with Crippen LogP contribution in [0.1, 0.15) is 44.6 Å². The van der Waals surface area contributed by atoms with Gasteiger partial charge in [-0.1, -0.05) is 42.8 Å². The Morgan fingerprint density at radius 1 is 1.04 bits per heavy atom. The van der Waals surface area contributed by atoms with Crippen LogP contribution in [0.3, 0.4) is 0 Å². The van der Waals surface area contributed by atoms with Crippen molar-refractivity contribution >= 4 is 16.2 Å². The molecule has 1 saturated carbocycles. The molecule has 0 bridgehead atoms. The van der Waals surface area contributed by atoms with E-state index in [1.165, 1.54) is 0 Å². The summed E-state index contributed by atoms with van der Waals surface area (Å²) < 4.78 is 32.0. The van der Waals surface area contributed by atoms with Crippen LogP contribution in [-0.4, -0.2) is 31.0 Å². The van der Waals surface area contributed by atoms with Gasteiger partial charge in [-0.2, -0.15) is 0 Å². The largest absolute Gasteiger partial charge is 0.511 e. The molecule has 1 fully saturated rings. The highest BCUT2D eigenvalue weighted by atomic mass is 32.2. The third kappa shape index (κ3) is 4.72. The molecule has 3 rings (SSSR count). The van der Waals surface area contributed by atoms with Crippen molar-refractivity contribution in [2.24, 2.45) is 0 Å². The van der Waals surface area contributed by atoms with Crippen LogP contribution in [0.4, 0.5) is 4.79 Å². The van der Waals surface area contributed by atoms with Crippen molar-refractivity contribution in [3.63, 3.8) is 0 Å². The Morgan fingerprint density at radius 2 is 1.61 bits per heavy atom. The van der Waals surface area contributed by atoms with Crippen molar-refractivity contribution in [2.45, 2.75) is 50.3 Å². The maximum absolute atomic E-state index is 12.2. The molecule has 0 aromatic heterocycles. The standard InChI is InChI=1S/C21H25NO5S/c1-14(2)28(25,26)22-20-5-3-4-19(20)17-8-6-15(7-9-17)16-10-12-18(13-11-16)27-21(23)24/h6-14,19-20,22H,3-5H2,1-2H3,(H,23,24)/t19-,20-/m0/s1. The Labute approximate surface area is 165 Å². The molecular formula is C21H25NO5S. The van der Waals surface area contributed by atoms with E-state index in [0.717, 1.165) is 36.0 Å². The Hall–Kier alpha value is -2.38. The Kier molecular flexibility index (Phi) is 6.05. The lowest BCUT2D eigenvalue weighted by Gasteiger charge is -2.23. The number of nitrogens with one attached hydrogen (secondary N) is 1. The fourth-order valence-corrected chi connectivity index (χ4v) is 4.56. The lowest BCUT2D eigenvalue weighted by atomic mass is 9.93. The predicted molar refractivity (Wildman–Crippen MR) is 108 cm³/mol. The summed E-state index contributed by atoms with van der Waals surface area (Å²) in [5.41, 5.74) is 3.08. The number of carboxylic acid groups (broad SMARTS) is 1. The zero-order valence-corrected chi connectivity index (χ0v) is 16.8. The summed E-state index contributed by atoms with van der Waals surface area (Å²) in [4.78, 5) is 10.6. The zero-order valence-electron chi connectivity index (χ0n) is 16.0. The summed E-state index contributed by atoms with van der Waals surface area (Å²) in [5.74, 6) is 0.452. The van der Waals surface area contributed by atoms with E-state index < -0.39 is 21.4 Å². The number of sulfonamides is 1. The van der Waals surface area contributed by atoms with E-state index >= 15 is 0 Å². The van der Waals surface area contributed by atoms with Gasteiger partial charge in [-0.3, -0.25) is 0 Å². The molecule has 0 spiro atoms. The maximum Gasteiger partial charge on any atom is 0.511 e. The quantitative estimate of drug-likeness (QED) is 0.552. The second kappa shape index (κ2) is 8.32. The van der Waals surface area contributed by atoms with Gasteiger partial charge in [0.1, 0.15) is 5.75 Å². The summed E-state index contributed by atoms with van der Waals surface area (Å²) in [7, 11) is -3.29. The van der Waals surface area contributed by atoms with Crippen LogP contribution in [0.15, 0.2) is 48.5 Å². The van der Waals surface area contributed by atoms with Crippen LogP contribution >= 0.6 is 0 Å². The van der Waals surface area contributed by atoms with Gasteiger partial charge in [0.25, 0.3) is 0 Å². The summed E-state index contributed by atoms with van der Waals surface area (Å²) in [6.45, 7) is 3.38. The molecule has 2 aromatic rings. The van der Waals surface area contributed by atoms with Gasteiger partial charge in [-0.15, -0.1) is 0 Å². The monoisotopic (exact) mass is 403 g/mol. The minimum atomic E-state index is -3.29. The molecule has 2 atom stereocenters. The number of ether oxygens (including phenoxy) is 1. The SMILES string of the molecule is CC(C)S(=O)(=O)N[C@H]1CCC[C@H]1c1ccc(-c2ccc(OC(=O)O)cc2)cc1. The highest BCUT2D eigenvalue weighted by Gasteiger charge is 2.32. The molecule has 0 heterocycles. The minimum absolute atomic E-state index is 0.0642. The second-order valence-electron chi connectivity index (χ2n) is 7.37. The second-order valence-corrected chi connectivity index (χ2v) is 9.64. The molecule has 28 heavy (non-hydrogen) atoms. The fourth-order valence-electron chi connectivity index (χ4n) is 3.59. The number of rotatable bonds is 6. The molecular weight excluding hydrogens is 378 g/mol. The maximum atomic E-state index is 12.2. The van der Waals surface area contributed by atoms with Crippen molar-refractivity contribution < 1.29 is 23.1 Å². The number of carbonyl (C=O) groups is 1. The van der Waals surface area contributed by atoms with Gasteiger partial charge in [0.2, 0.25) is 10.0 Å². The van der Waals surface area contributed by atoms with E-state index in [1.54, 1.807) is 26.0 Å². The first-order chi connectivity index (χ1) is 13.3. The van der Waals surface area contributed by atoms with Crippen molar-refractivity contribution in [2.75, 3.05) is 0 Å². The number of hydrogen-bond acceptors (Lipinski definition) is 4. The summed E-state index contributed by atoms with van der Waals surface area (Å²) in [6.07, 6.45) is 1.48. The molecule has 6 nitrogen and oxygen atoms in total. The highest BCUT2D eigenvalue weighted by molar-refractivity contribution is 7.90. The third-order valence-electron chi connectivity index (χ3n) is 5.18. The van der Waals surface area contributed by atoms with Crippen molar-refractivity contribution in [3.05, 3.63) is 54.1 Å². The lowest BCUT2D eigenvalue weighted by Crippen LogP contribution is -2.40. The highest BCUT2D eigenvalue weighted by Crippen LogP contribution is 2.36. The van der Waals surface area contributed by atoms with Crippen LogP contribution in [-0.2, 0) is 10.0 Å². The van der Waals surface area contributed by atoms with E-state index in [1.807, 2.05) is 36.4 Å². The van der Waals surface area contributed by atoms with Gasteiger partial charge in [0, 0.05) is 12.0 Å². The van der Waals surface area contributed by atoms with Crippen LogP contribution in [0, 0.1) is 0 Å². The molecule has 0 saturated heterocycles. The molecule has 0 unspecified atom stereocenters. The van der Waals surface area contributed by atoms with Gasteiger partial charge >= 0.3 is 6.16 Å². The van der Waals surface area contributed by atoms with Crippen molar-refractivity contribution in [1.29, 1.82) is 0 Å². The van der Waals surface area contributed by atoms with E-state index in [2.05, 4.69) is 9.46 Å². The Balaban J connectivity index is 1.74. The van der Waals surface area contributed by atoms with Crippen molar-refractivity contribution in [3.8, 4) is 16.9 Å². The minimum Gasteiger partial charge on any atom is -0.449 e. The van der Waals surface area contributed by atoms with Crippen LogP contribution in [0.2, 0.25) is 0 Å². The molecule has 0 radical (unpaired) electrons. The first-order valence-electron chi connectivity index (χ1n) is 9.38. The Morgan fingerprint density at radius 3 is 2.14 bits per heavy atom. The molecule has 7 heteroatoms. The molecule has 0 amide bonds. The predicted octanol–water partition coefficient (Wildman–Crippen LogP) is 4.37. The van der Waals surface area contributed by atoms with Crippen LogP contribution < -0.4 is 9.46 Å². The number of hydrogen-bond donors (Lipinski definition) is 2. The average molecular weight is 404 g/mol. The van der Waals surface area contributed by atoms with E-state index in [4.69, 9.17) is 5.11 Å². The third-order valence-corrected chi connectivity index (χ3v) is 7.06. The zero-order chi connectivity index (χ0) is 20.3. The molecule has 1 aliphatic rings. The van der Waals surface area contributed by atoms with Gasteiger partial charge in [0.15, 0.2) is 0 Å². The normalized spacial score (nSPS) is 19.7. The van der Waals surface area contributed by atoms with Gasteiger partial charge in [-0.05, 0) is 55.5 Å². The lowest BCUT2D eigenvalue weighted by molar-refractivity contribution is 0.144. The van der Waals surface area contributed by atoms with Crippen LogP contribution in [0.25, 0.3) is 11.1 Å². The summed E-state index contributed by atoms with van der Waals surface area (Å²) in [6, 6.07) is 14.9. The molecule has 150 valence electrons.